The fourth-order valence-corrected chi connectivity index (χ4v) is 1.84. The van der Waals surface area contributed by atoms with Crippen molar-refractivity contribution in [1.82, 2.24) is 29.8 Å². The van der Waals surface area contributed by atoms with Crippen molar-refractivity contribution in [2.45, 2.75) is 6.54 Å². The van der Waals surface area contributed by atoms with Crippen LogP contribution in [0.5, 0.6) is 5.75 Å². The summed E-state index contributed by atoms with van der Waals surface area (Å²) in [6.45, 7) is 0.498. The highest BCUT2D eigenvalue weighted by Gasteiger charge is 2.11. The number of ether oxygens (including phenoxy) is 1. The zero-order valence-corrected chi connectivity index (χ0v) is 10.3. The van der Waals surface area contributed by atoms with Crippen LogP contribution in [0.3, 0.4) is 0 Å². The molecular weight excluding hydrogens is 244 g/mol. The topological polar surface area (TPSA) is 70.7 Å². The van der Waals surface area contributed by atoms with Crippen LogP contribution in [0, 0.1) is 0 Å². The molecule has 3 aromatic rings. The maximum Gasteiger partial charge on any atom is 0.154 e. The molecule has 0 fully saturated rings. The molecule has 2 heterocycles. The van der Waals surface area contributed by atoms with Crippen molar-refractivity contribution in [3.63, 3.8) is 0 Å². The summed E-state index contributed by atoms with van der Waals surface area (Å²) in [7, 11) is 1.63. The van der Waals surface area contributed by atoms with Gasteiger partial charge in [0.15, 0.2) is 5.82 Å². The van der Waals surface area contributed by atoms with Gasteiger partial charge in [-0.3, -0.25) is 0 Å². The van der Waals surface area contributed by atoms with E-state index in [0.29, 0.717) is 6.54 Å². The Morgan fingerprint density at radius 3 is 2.95 bits per heavy atom. The van der Waals surface area contributed by atoms with E-state index in [2.05, 4.69) is 20.4 Å². The zero-order valence-electron chi connectivity index (χ0n) is 10.3. The van der Waals surface area contributed by atoms with E-state index in [1.54, 1.807) is 28.9 Å². The average molecular weight is 256 g/mol. The molecule has 0 atom stereocenters. The summed E-state index contributed by atoms with van der Waals surface area (Å²) < 4.78 is 8.76. The zero-order chi connectivity index (χ0) is 13.1. The van der Waals surface area contributed by atoms with Crippen molar-refractivity contribution >= 4 is 0 Å². The van der Waals surface area contributed by atoms with Gasteiger partial charge in [-0.15, -0.1) is 5.10 Å². The van der Waals surface area contributed by atoms with Gasteiger partial charge in [0.05, 0.1) is 13.3 Å². The Hall–Kier alpha value is -2.70. The number of rotatable bonds is 4. The van der Waals surface area contributed by atoms with Crippen LogP contribution in [0.2, 0.25) is 0 Å². The van der Waals surface area contributed by atoms with Gasteiger partial charge in [-0.05, 0) is 12.1 Å². The van der Waals surface area contributed by atoms with E-state index in [4.69, 9.17) is 4.74 Å². The van der Waals surface area contributed by atoms with E-state index in [9.17, 15) is 0 Å². The normalized spacial score (nSPS) is 10.6. The number of benzene rings is 1. The molecule has 0 aliphatic carbocycles. The van der Waals surface area contributed by atoms with Crippen LogP contribution in [-0.4, -0.2) is 36.9 Å². The van der Waals surface area contributed by atoms with E-state index in [-0.39, 0.29) is 0 Å². The van der Waals surface area contributed by atoms with E-state index in [1.807, 2.05) is 24.3 Å². The van der Waals surface area contributed by atoms with Gasteiger partial charge in [0, 0.05) is 6.20 Å². The van der Waals surface area contributed by atoms with Crippen molar-refractivity contribution < 1.29 is 4.74 Å². The maximum atomic E-state index is 5.34. The Bertz CT molecular complexity index is 660. The van der Waals surface area contributed by atoms with Gasteiger partial charge < -0.3 is 4.74 Å². The second kappa shape index (κ2) is 4.89. The highest BCUT2D eigenvalue weighted by molar-refractivity contribution is 5.46. The maximum absolute atomic E-state index is 5.34. The highest BCUT2D eigenvalue weighted by Crippen LogP contribution is 2.22. The SMILES string of the molecule is COc1ccccc1-n1ncnc1Cn1ccnn1. The third-order valence-electron chi connectivity index (χ3n) is 2.71. The molecule has 2 aromatic heterocycles. The molecule has 19 heavy (non-hydrogen) atoms. The summed E-state index contributed by atoms with van der Waals surface area (Å²) in [5, 5.41) is 11.9. The standard InChI is InChI=1S/C12H12N6O/c1-19-11-5-3-2-4-10(11)18-12(13-9-15-18)8-17-7-6-14-16-17/h2-7,9H,8H2,1H3. The Morgan fingerprint density at radius 1 is 1.26 bits per heavy atom. The lowest BCUT2D eigenvalue weighted by molar-refractivity contribution is 0.411. The molecule has 0 unspecified atom stereocenters. The highest BCUT2D eigenvalue weighted by atomic mass is 16.5. The monoisotopic (exact) mass is 256 g/mol. The molecular formula is C12H12N6O. The van der Waals surface area contributed by atoms with Crippen LogP contribution in [0.4, 0.5) is 0 Å². The Kier molecular flexibility index (Phi) is 2.93. The Labute approximate surface area is 109 Å². The van der Waals surface area contributed by atoms with Gasteiger partial charge in [-0.1, -0.05) is 17.3 Å². The second-order valence-corrected chi connectivity index (χ2v) is 3.86. The second-order valence-electron chi connectivity index (χ2n) is 3.86. The summed E-state index contributed by atoms with van der Waals surface area (Å²) in [5.41, 5.74) is 0.845. The summed E-state index contributed by atoms with van der Waals surface area (Å²) in [6.07, 6.45) is 4.92. The summed E-state index contributed by atoms with van der Waals surface area (Å²) in [6, 6.07) is 7.66. The first kappa shape index (κ1) is 11.4. The molecule has 0 saturated carbocycles. The minimum Gasteiger partial charge on any atom is -0.494 e. The van der Waals surface area contributed by atoms with Gasteiger partial charge in [0.2, 0.25) is 0 Å². The fraction of sp³-hybridized carbons (Fsp3) is 0.167. The molecule has 0 bridgehead atoms. The summed E-state index contributed by atoms with van der Waals surface area (Å²) in [4.78, 5) is 4.25. The largest absolute Gasteiger partial charge is 0.494 e. The lowest BCUT2D eigenvalue weighted by Crippen LogP contribution is -2.10. The van der Waals surface area contributed by atoms with Crippen molar-refractivity contribution in [2.24, 2.45) is 0 Å². The number of hydrogen-bond acceptors (Lipinski definition) is 5. The van der Waals surface area contributed by atoms with Crippen molar-refractivity contribution in [3.8, 4) is 11.4 Å². The first-order valence-electron chi connectivity index (χ1n) is 5.75. The third kappa shape index (κ3) is 2.17. The number of para-hydroxylation sites is 2. The first-order chi connectivity index (χ1) is 9.38. The quantitative estimate of drug-likeness (QED) is 0.694. The van der Waals surface area contributed by atoms with Crippen LogP contribution < -0.4 is 4.74 Å². The average Bonchev–Trinajstić information content (AvgIpc) is 3.11. The smallest absolute Gasteiger partial charge is 0.154 e. The Morgan fingerprint density at radius 2 is 2.16 bits per heavy atom. The van der Waals surface area contributed by atoms with Crippen LogP contribution in [-0.2, 0) is 6.54 Å². The van der Waals surface area contributed by atoms with Crippen LogP contribution in [0.1, 0.15) is 5.82 Å². The molecule has 0 amide bonds. The van der Waals surface area contributed by atoms with E-state index < -0.39 is 0 Å². The number of methoxy groups -OCH3 is 1. The van der Waals surface area contributed by atoms with Gasteiger partial charge in [-0.25, -0.2) is 14.3 Å². The number of hydrogen-bond donors (Lipinski definition) is 0. The minimum atomic E-state index is 0.498. The molecule has 0 aliphatic rings. The third-order valence-corrected chi connectivity index (χ3v) is 2.71. The van der Waals surface area contributed by atoms with Gasteiger partial charge in [0.25, 0.3) is 0 Å². The van der Waals surface area contributed by atoms with E-state index in [0.717, 1.165) is 17.3 Å². The predicted octanol–water partition coefficient (Wildman–Crippen LogP) is 0.916. The predicted molar refractivity (Wildman–Crippen MR) is 67.0 cm³/mol. The Balaban J connectivity index is 2.00. The lowest BCUT2D eigenvalue weighted by atomic mass is 10.3. The van der Waals surface area contributed by atoms with Crippen LogP contribution in [0.25, 0.3) is 5.69 Å². The van der Waals surface area contributed by atoms with Crippen LogP contribution >= 0.6 is 0 Å². The number of aromatic nitrogens is 6. The molecule has 0 aliphatic heterocycles. The molecule has 0 N–H and O–H groups in total. The number of nitrogens with zero attached hydrogens (tertiary/aromatic N) is 6. The molecule has 7 heteroatoms. The first-order valence-corrected chi connectivity index (χ1v) is 5.75. The minimum absolute atomic E-state index is 0.498. The molecule has 0 spiro atoms. The van der Waals surface area contributed by atoms with Gasteiger partial charge in [-0.2, -0.15) is 5.10 Å². The lowest BCUT2D eigenvalue weighted by Gasteiger charge is -2.10. The summed E-state index contributed by atoms with van der Waals surface area (Å²) >= 11 is 0. The van der Waals surface area contributed by atoms with E-state index in [1.165, 1.54) is 6.33 Å². The van der Waals surface area contributed by atoms with E-state index >= 15 is 0 Å². The van der Waals surface area contributed by atoms with Crippen molar-refractivity contribution in [1.29, 1.82) is 0 Å². The summed E-state index contributed by atoms with van der Waals surface area (Å²) in [5.74, 6) is 1.50. The van der Waals surface area contributed by atoms with Gasteiger partial charge >= 0.3 is 0 Å². The molecule has 0 radical (unpaired) electrons. The molecule has 7 nitrogen and oxygen atoms in total. The molecule has 3 rings (SSSR count). The fourth-order valence-electron chi connectivity index (χ4n) is 1.84. The van der Waals surface area contributed by atoms with Gasteiger partial charge in [0.1, 0.15) is 24.3 Å². The molecule has 1 aromatic carbocycles. The molecule has 96 valence electrons. The van der Waals surface area contributed by atoms with Crippen molar-refractivity contribution in [3.05, 3.63) is 48.8 Å². The van der Waals surface area contributed by atoms with Crippen LogP contribution in [0.15, 0.2) is 43.0 Å². The molecule has 0 saturated heterocycles. The van der Waals surface area contributed by atoms with Crippen molar-refractivity contribution in [2.75, 3.05) is 7.11 Å².